The van der Waals surface area contributed by atoms with Crippen LogP contribution in [0.3, 0.4) is 0 Å². The first-order chi connectivity index (χ1) is 16.1. The van der Waals surface area contributed by atoms with Gasteiger partial charge in [0.05, 0.1) is 18.8 Å². The Morgan fingerprint density at radius 1 is 1.15 bits per heavy atom. The summed E-state index contributed by atoms with van der Waals surface area (Å²) in [7, 11) is -3.77. The molecule has 0 saturated carbocycles. The average Bonchev–Trinajstić information content (AvgIpc) is 2.86. The molecule has 0 radical (unpaired) electrons. The van der Waals surface area contributed by atoms with Gasteiger partial charge in [-0.25, -0.2) is 21.9 Å². The molecular weight excluding hydrogens is 463 g/mol. The normalized spacial score (nSPS) is 12.9. The van der Waals surface area contributed by atoms with Gasteiger partial charge in [0, 0.05) is 18.2 Å². The van der Waals surface area contributed by atoms with E-state index in [1.807, 2.05) is 40.7 Å². The van der Waals surface area contributed by atoms with E-state index in [9.17, 15) is 21.6 Å². The Balaban J connectivity index is 0. The molecule has 0 spiro atoms. The minimum atomic E-state index is -4.27. The molecule has 0 amide bonds. The molecule has 1 aromatic rings. The summed E-state index contributed by atoms with van der Waals surface area (Å²) in [4.78, 5) is 1.32. The second-order valence-corrected chi connectivity index (χ2v) is 8.43. The highest BCUT2D eigenvalue weighted by atomic mass is 32.2. The number of nitriles is 1. The molecule has 1 atom stereocenters. The number of rotatable bonds is 11. The summed E-state index contributed by atoms with van der Waals surface area (Å²) in [6.45, 7) is 16.1. The van der Waals surface area contributed by atoms with Crippen LogP contribution in [-0.4, -0.2) is 46.2 Å². The van der Waals surface area contributed by atoms with E-state index in [0.717, 1.165) is 20.0 Å². The van der Waals surface area contributed by atoms with E-state index in [1.165, 1.54) is 24.3 Å². The van der Waals surface area contributed by atoms with Gasteiger partial charge in [-0.1, -0.05) is 53.3 Å². The average molecular weight is 502 g/mol. The molecule has 0 aliphatic carbocycles. The molecule has 1 rings (SSSR count). The molecule has 1 unspecified atom stereocenters. The summed E-state index contributed by atoms with van der Waals surface area (Å²) in [5.74, 6) is -2.01. The van der Waals surface area contributed by atoms with E-state index in [-0.39, 0.29) is 18.2 Å². The van der Waals surface area contributed by atoms with E-state index >= 15 is 0 Å². The van der Waals surface area contributed by atoms with Crippen LogP contribution in [0.2, 0.25) is 0 Å². The lowest BCUT2D eigenvalue weighted by Crippen LogP contribution is -2.43. The number of allylic oxidation sites excluding steroid dienone is 4. The van der Waals surface area contributed by atoms with Gasteiger partial charge in [-0.3, -0.25) is 9.29 Å². The lowest BCUT2D eigenvalue weighted by molar-refractivity contribution is 0.212. The van der Waals surface area contributed by atoms with Gasteiger partial charge in [-0.05, 0) is 50.2 Å². The van der Waals surface area contributed by atoms with Crippen molar-refractivity contribution in [1.29, 1.82) is 5.26 Å². The van der Waals surface area contributed by atoms with Crippen LogP contribution >= 0.6 is 0 Å². The number of hydrogen-bond acceptors (Lipinski definition) is 4. The van der Waals surface area contributed by atoms with Crippen molar-refractivity contribution >= 4 is 15.6 Å². The lowest BCUT2D eigenvalue weighted by Gasteiger charge is -2.28. The quantitative estimate of drug-likeness (QED) is 0.362. The molecule has 0 bridgehead atoms. The Morgan fingerprint density at radius 3 is 2.03 bits per heavy atom. The molecule has 1 N–H and O–H groups in total. The van der Waals surface area contributed by atoms with Crippen molar-refractivity contribution in [1.82, 2.24) is 9.62 Å². The number of nitrogens with one attached hydrogen (secondary N) is 1. The molecule has 0 aliphatic rings. The minimum Gasteiger partial charge on any atom is -0.300 e. The predicted molar refractivity (Wildman–Crippen MR) is 135 cm³/mol. The first kappa shape index (κ1) is 33.8. The van der Waals surface area contributed by atoms with Crippen molar-refractivity contribution in [2.45, 2.75) is 54.0 Å². The number of nitrogens with zero attached hydrogens (tertiary/aromatic N) is 2. The summed E-state index contributed by atoms with van der Waals surface area (Å²) in [6, 6.07) is 7.84. The smallest absolute Gasteiger partial charge is 0.243 e. The van der Waals surface area contributed by atoms with E-state index in [2.05, 4.69) is 16.2 Å². The van der Waals surface area contributed by atoms with E-state index in [0.29, 0.717) is 30.8 Å². The Bertz CT molecular complexity index is 943. The van der Waals surface area contributed by atoms with Crippen LogP contribution in [0.4, 0.5) is 13.2 Å². The minimum absolute atomic E-state index is 0.0571. The number of likely N-dealkylation sites (N-methyl/N-ethyl adjacent to an activating group) is 1. The Morgan fingerprint density at radius 2 is 1.65 bits per heavy atom. The molecule has 34 heavy (non-hydrogen) atoms. The zero-order valence-electron chi connectivity index (χ0n) is 21.3. The fraction of sp³-hybridized carbons (Fsp3) is 0.480. The molecule has 192 valence electrons. The molecule has 9 heteroatoms. The third-order valence-corrected chi connectivity index (χ3v) is 6.37. The fourth-order valence-electron chi connectivity index (χ4n) is 3.00. The number of benzene rings is 1. The fourth-order valence-corrected chi connectivity index (χ4v) is 4.20. The number of alkyl halides is 1. The highest BCUT2D eigenvalue weighted by molar-refractivity contribution is 7.93. The molecule has 5 nitrogen and oxygen atoms in total. The van der Waals surface area contributed by atoms with Crippen LogP contribution < -0.4 is 4.72 Å². The van der Waals surface area contributed by atoms with Crippen molar-refractivity contribution < 1.29 is 21.6 Å². The maximum atomic E-state index is 14.7. The zero-order chi connectivity index (χ0) is 26.9. The van der Waals surface area contributed by atoms with Gasteiger partial charge in [0.15, 0.2) is 0 Å². The Kier molecular flexibility index (Phi) is 17.9. The van der Waals surface area contributed by atoms with Gasteiger partial charge in [-0.2, -0.15) is 5.26 Å². The van der Waals surface area contributed by atoms with Crippen molar-refractivity contribution in [3.8, 4) is 6.07 Å². The summed E-state index contributed by atoms with van der Waals surface area (Å²) < 4.78 is 66.0. The van der Waals surface area contributed by atoms with Gasteiger partial charge in [0.2, 0.25) is 10.0 Å². The highest BCUT2D eigenvalue weighted by Gasteiger charge is 2.23. The van der Waals surface area contributed by atoms with Crippen molar-refractivity contribution in [2.75, 3.05) is 26.8 Å². The topological polar surface area (TPSA) is 73.2 Å². The third kappa shape index (κ3) is 10.7. The number of hydrogen-bond donors (Lipinski definition) is 1. The maximum Gasteiger partial charge on any atom is 0.243 e. The van der Waals surface area contributed by atoms with Crippen LogP contribution in [0.25, 0.3) is 5.57 Å². The van der Waals surface area contributed by atoms with Gasteiger partial charge < -0.3 is 0 Å². The van der Waals surface area contributed by atoms with Gasteiger partial charge >= 0.3 is 0 Å². The monoisotopic (exact) mass is 501 g/mol. The van der Waals surface area contributed by atoms with Crippen LogP contribution in [0, 0.1) is 11.3 Å². The van der Waals surface area contributed by atoms with Crippen LogP contribution in [0.5, 0.6) is 0 Å². The lowest BCUT2D eigenvalue weighted by atomic mass is 10.0. The van der Waals surface area contributed by atoms with Crippen LogP contribution in [0.1, 0.15) is 59.1 Å². The standard InChI is InChI=1S/C22H29F2N3O2S.C2H6.CH3F/c1-6-20(27(7-2)8-3)15-26-30(28,29)22(17(5)23)13-21(24)16(4)19-11-9-18(14-25)10-12-19;2*1-2/h9-13,20,26H,4,6-8,15H2,1-3,5H3;1-2H3;1H3/b21-13+,22-17-;;. The SMILES string of the molecule is C=C(/C(F)=C\C(=C(/C)F)S(=O)(=O)NCC(CC)N(CC)CC)c1ccc(C#N)cc1.CC.CF. The Labute approximate surface area is 203 Å². The maximum absolute atomic E-state index is 14.7. The molecule has 0 fully saturated rings. The van der Waals surface area contributed by atoms with Gasteiger partial charge in [0.1, 0.15) is 16.6 Å². The highest BCUT2D eigenvalue weighted by Crippen LogP contribution is 2.26. The third-order valence-electron chi connectivity index (χ3n) is 4.85. The zero-order valence-corrected chi connectivity index (χ0v) is 22.1. The summed E-state index contributed by atoms with van der Waals surface area (Å²) >= 11 is 0. The second kappa shape index (κ2) is 18.0. The summed E-state index contributed by atoms with van der Waals surface area (Å²) in [6.07, 6.45) is 1.34. The molecule has 1 aromatic carbocycles. The molecule has 0 heterocycles. The van der Waals surface area contributed by atoms with Crippen LogP contribution in [-0.2, 0) is 10.0 Å². The molecular formula is C25H38F3N3O2S. The van der Waals surface area contributed by atoms with Gasteiger partial charge in [-0.15, -0.1) is 0 Å². The summed E-state index contributed by atoms with van der Waals surface area (Å²) in [5.41, 5.74) is 0.640. The number of halogens is 3. The molecule has 0 saturated heterocycles. The van der Waals surface area contributed by atoms with Crippen molar-refractivity contribution in [3.63, 3.8) is 0 Å². The van der Waals surface area contributed by atoms with Gasteiger partial charge in [0.25, 0.3) is 0 Å². The van der Waals surface area contributed by atoms with Crippen molar-refractivity contribution in [3.05, 3.63) is 64.6 Å². The molecule has 0 aliphatic heterocycles. The largest absolute Gasteiger partial charge is 0.300 e. The van der Waals surface area contributed by atoms with E-state index < -0.39 is 26.6 Å². The van der Waals surface area contributed by atoms with Crippen LogP contribution in [0.15, 0.2) is 53.5 Å². The molecule has 0 aromatic heterocycles. The van der Waals surface area contributed by atoms with Crippen molar-refractivity contribution in [2.24, 2.45) is 0 Å². The van der Waals surface area contributed by atoms with E-state index in [1.54, 1.807) is 0 Å². The Hall–Kier alpha value is -2.41. The second-order valence-electron chi connectivity index (χ2n) is 6.69. The summed E-state index contributed by atoms with van der Waals surface area (Å²) in [5, 5.41) is 8.84. The first-order valence-corrected chi connectivity index (χ1v) is 12.6. The first-order valence-electron chi connectivity index (χ1n) is 11.2. The van der Waals surface area contributed by atoms with E-state index in [4.69, 9.17) is 5.26 Å². The predicted octanol–water partition coefficient (Wildman–Crippen LogP) is 6.28. The number of sulfonamides is 1.